The van der Waals surface area contributed by atoms with E-state index in [1.54, 1.807) is 0 Å². The number of amides is 1. The van der Waals surface area contributed by atoms with Crippen molar-refractivity contribution in [3.63, 3.8) is 0 Å². The van der Waals surface area contributed by atoms with Gasteiger partial charge < -0.3 is 16.0 Å². The van der Waals surface area contributed by atoms with Crippen LogP contribution in [0.5, 0.6) is 0 Å². The number of nitrogens with two attached hydrogens (primary N) is 2. The lowest BCUT2D eigenvalue weighted by atomic mass is 9.90. The smallest absolute Gasteiger partial charge is 0.246 e. The summed E-state index contributed by atoms with van der Waals surface area (Å²) in [6.07, 6.45) is 2.20. The maximum absolute atomic E-state index is 12.8. The highest BCUT2D eigenvalue weighted by atomic mass is 35.5. The summed E-state index contributed by atoms with van der Waals surface area (Å²) in [6, 6.07) is 0. The Morgan fingerprint density at radius 3 is 2.04 bits per heavy atom. The summed E-state index contributed by atoms with van der Waals surface area (Å²) >= 11 is 0. The van der Waals surface area contributed by atoms with Gasteiger partial charge in [-0.05, 0) is 26.7 Å². The van der Waals surface area contributed by atoms with Gasteiger partial charge in [0, 0.05) is 0 Å². The average Bonchev–Trinajstić information content (AvgIpc) is 2.84. The first-order valence-electron chi connectivity index (χ1n) is 8.29. The topological polar surface area (TPSA) is 146 Å². The maximum atomic E-state index is 12.8. The van der Waals surface area contributed by atoms with Crippen LogP contribution >= 0.6 is 12.4 Å². The van der Waals surface area contributed by atoms with Gasteiger partial charge in [-0.2, -0.15) is 0 Å². The number of ketones is 1. The molecule has 1 amide bonds. The number of carbonyl (C=O) groups is 2. The van der Waals surface area contributed by atoms with Gasteiger partial charge in [0.05, 0.1) is 22.3 Å². The van der Waals surface area contributed by atoms with Gasteiger partial charge in [-0.3, -0.25) is 9.59 Å². The van der Waals surface area contributed by atoms with E-state index in [1.165, 1.54) is 13.8 Å². The van der Waals surface area contributed by atoms with E-state index in [2.05, 4.69) is 5.16 Å². The summed E-state index contributed by atoms with van der Waals surface area (Å²) < 4.78 is 30.5. The maximum Gasteiger partial charge on any atom is 0.246 e. The SMILES string of the molecule is CCCC(CCC)S(=O)(=O)C[C@](N)(C(N)=O)C(=O)c1c(C)noc1C.Cl. The van der Waals surface area contributed by atoms with Crippen molar-refractivity contribution in [1.29, 1.82) is 0 Å². The molecule has 0 saturated carbocycles. The van der Waals surface area contributed by atoms with Crippen molar-refractivity contribution < 1.29 is 22.5 Å². The lowest BCUT2D eigenvalue weighted by Crippen LogP contribution is -2.63. The quantitative estimate of drug-likeness (QED) is 0.439. The molecule has 26 heavy (non-hydrogen) atoms. The summed E-state index contributed by atoms with van der Waals surface area (Å²) in [6.45, 7) is 6.74. The number of Topliss-reactive ketones (excluding diaryl/α,β-unsaturated/α-hetero) is 1. The molecule has 1 aromatic heterocycles. The Morgan fingerprint density at radius 1 is 1.19 bits per heavy atom. The lowest BCUT2D eigenvalue weighted by molar-refractivity contribution is -0.120. The first-order chi connectivity index (χ1) is 11.5. The second-order valence-electron chi connectivity index (χ2n) is 6.37. The lowest BCUT2D eigenvalue weighted by Gasteiger charge is -2.27. The highest BCUT2D eigenvalue weighted by Crippen LogP contribution is 2.24. The molecule has 1 aromatic rings. The third kappa shape index (κ3) is 5.05. The second-order valence-corrected chi connectivity index (χ2v) is 8.65. The molecule has 0 unspecified atom stereocenters. The van der Waals surface area contributed by atoms with Crippen LogP contribution in [0.15, 0.2) is 4.52 Å². The number of aryl methyl sites for hydroxylation is 2. The van der Waals surface area contributed by atoms with Gasteiger partial charge >= 0.3 is 0 Å². The number of sulfone groups is 1. The average molecular weight is 410 g/mol. The van der Waals surface area contributed by atoms with E-state index in [1.807, 2.05) is 13.8 Å². The molecule has 0 fully saturated rings. The van der Waals surface area contributed by atoms with Crippen LogP contribution in [0.3, 0.4) is 0 Å². The first kappa shape index (κ1) is 24.6. The van der Waals surface area contributed by atoms with Crippen LogP contribution in [0.1, 0.15) is 61.3 Å². The van der Waals surface area contributed by atoms with E-state index in [-0.39, 0.29) is 29.4 Å². The van der Waals surface area contributed by atoms with Crippen LogP contribution in [0.25, 0.3) is 0 Å². The molecule has 10 heteroatoms. The molecule has 0 bridgehead atoms. The molecule has 1 rings (SSSR count). The number of halogens is 1. The number of hydrogen-bond acceptors (Lipinski definition) is 7. The van der Waals surface area contributed by atoms with Crippen LogP contribution in [-0.4, -0.2) is 41.8 Å². The normalized spacial score (nSPS) is 13.9. The molecule has 0 spiro atoms. The Labute approximate surface area is 160 Å². The van der Waals surface area contributed by atoms with Crippen molar-refractivity contribution in [3.05, 3.63) is 17.0 Å². The zero-order valence-electron chi connectivity index (χ0n) is 15.6. The van der Waals surface area contributed by atoms with Crippen molar-refractivity contribution in [2.24, 2.45) is 11.5 Å². The van der Waals surface area contributed by atoms with Gasteiger partial charge in [-0.25, -0.2) is 8.42 Å². The van der Waals surface area contributed by atoms with Gasteiger partial charge in [-0.1, -0.05) is 31.8 Å². The van der Waals surface area contributed by atoms with Crippen LogP contribution in [0.2, 0.25) is 0 Å². The van der Waals surface area contributed by atoms with E-state index in [9.17, 15) is 18.0 Å². The molecule has 0 aliphatic heterocycles. The number of aromatic nitrogens is 1. The van der Waals surface area contributed by atoms with Gasteiger partial charge in [0.25, 0.3) is 0 Å². The van der Waals surface area contributed by atoms with Crippen LogP contribution in [-0.2, 0) is 14.6 Å². The summed E-state index contributed by atoms with van der Waals surface area (Å²) in [4.78, 5) is 24.8. The molecule has 1 atom stereocenters. The fourth-order valence-corrected chi connectivity index (χ4v) is 5.19. The summed E-state index contributed by atoms with van der Waals surface area (Å²) in [5.74, 6) is -2.74. The fraction of sp³-hybridized carbons (Fsp3) is 0.688. The fourth-order valence-electron chi connectivity index (χ4n) is 2.86. The van der Waals surface area contributed by atoms with E-state index >= 15 is 0 Å². The molecule has 1 heterocycles. The highest BCUT2D eigenvalue weighted by molar-refractivity contribution is 7.92. The largest absolute Gasteiger partial charge is 0.368 e. The van der Waals surface area contributed by atoms with Crippen molar-refractivity contribution in [2.45, 2.75) is 64.2 Å². The molecule has 0 saturated heterocycles. The second kappa shape index (κ2) is 9.48. The minimum Gasteiger partial charge on any atom is -0.368 e. The standard InChI is InChI=1S/C16H27N3O5S.ClH/c1-5-7-12(8-6-2)25(22,23)9-16(18,15(17)21)14(20)13-10(3)19-24-11(13)4;/h12H,5-9,18H2,1-4H3,(H2,17,21);1H/t16-;/m1./s1. The number of primary amides is 1. The predicted octanol–water partition coefficient (Wildman–Crippen LogP) is 1.46. The summed E-state index contributed by atoms with van der Waals surface area (Å²) in [5.41, 5.74) is 9.16. The number of rotatable bonds is 10. The van der Waals surface area contributed by atoms with Crippen LogP contribution < -0.4 is 11.5 Å². The van der Waals surface area contributed by atoms with Crippen molar-refractivity contribution >= 4 is 33.9 Å². The van der Waals surface area contributed by atoms with Crippen LogP contribution in [0, 0.1) is 13.8 Å². The zero-order chi connectivity index (χ0) is 19.4. The Bertz CT molecular complexity index is 722. The monoisotopic (exact) mass is 409 g/mol. The third-order valence-corrected chi connectivity index (χ3v) is 6.61. The van der Waals surface area contributed by atoms with Gasteiger partial charge in [0.1, 0.15) is 5.76 Å². The molecular formula is C16H28ClN3O5S. The van der Waals surface area contributed by atoms with Gasteiger partial charge in [-0.15, -0.1) is 12.4 Å². The highest BCUT2D eigenvalue weighted by Gasteiger charge is 2.47. The van der Waals surface area contributed by atoms with Crippen molar-refractivity contribution in [3.8, 4) is 0 Å². The molecule has 0 radical (unpaired) electrons. The molecule has 150 valence electrons. The van der Waals surface area contributed by atoms with Crippen LogP contribution in [0.4, 0.5) is 0 Å². The minimum atomic E-state index is -3.81. The van der Waals surface area contributed by atoms with E-state index in [0.29, 0.717) is 25.7 Å². The Kier molecular flexibility index (Phi) is 8.95. The molecule has 0 aliphatic carbocycles. The van der Waals surface area contributed by atoms with E-state index in [0.717, 1.165) is 0 Å². The number of nitrogens with zero attached hydrogens (tertiary/aromatic N) is 1. The summed E-state index contributed by atoms with van der Waals surface area (Å²) in [7, 11) is -3.81. The van der Waals surface area contributed by atoms with Gasteiger partial charge in [0.2, 0.25) is 5.91 Å². The molecule has 0 aliphatic rings. The number of hydrogen-bond donors (Lipinski definition) is 2. The molecular weight excluding hydrogens is 382 g/mol. The van der Waals surface area contributed by atoms with Crippen molar-refractivity contribution in [1.82, 2.24) is 5.16 Å². The molecule has 4 N–H and O–H groups in total. The van der Waals surface area contributed by atoms with E-state index < -0.39 is 38.1 Å². The zero-order valence-corrected chi connectivity index (χ0v) is 17.2. The van der Waals surface area contributed by atoms with Crippen molar-refractivity contribution in [2.75, 3.05) is 5.75 Å². The Morgan fingerprint density at radius 2 is 1.69 bits per heavy atom. The van der Waals surface area contributed by atoms with E-state index in [4.69, 9.17) is 16.0 Å². The molecule has 8 nitrogen and oxygen atoms in total. The minimum absolute atomic E-state index is 0. The number of carbonyl (C=O) groups excluding carboxylic acids is 2. The summed E-state index contributed by atoms with van der Waals surface area (Å²) in [5, 5.41) is 2.98. The first-order valence-corrected chi connectivity index (χ1v) is 10.0. The van der Waals surface area contributed by atoms with Gasteiger partial charge in [0.15, 0.2) is 21.2 Å². The predicted molar refractivity (Wildman–Crippen MR) is 101 cm³/mol. The third-order valence-electron chi connectivity index (χ3n) is 4.26. The Hall–Kier alpha value is -1.45. The molecule has 0 aromatic carbocycles. The Balaban J connectivity index is 0.00000625.